The molecule has 3 aromatic carbocycles. The van der Waals surface area contributed by atoms with Crippen LogP contribution in [-0.2, 0) is 19.1 Å². The van der Waals surface area contributed by atoms with Crippen LogP contribution in [0.1, 0.15) is 50.2 Å². The fourth-order valence-corrected chi connectivity index (χ4v) is 3.71. The molecule has 0 radical (unpaired) electrons. The van der Waals surface area contributed by atoms with Crippen molar-refractivity contribution in [2.45, 2.75) is 46.0 Å². The van der Waals surface area contributed by atoms with Crippen LogP contribution in [0.5, 0.6) is 11.5 Å². The Labute approximate surface area is 222 Å². The highest BCUT2D eigenvalue weighted by molar-refractivity contribution is 6.33. The molecule has 0 spiro atoms. The molecule has 0 aliphatic carbocycles. The van der Waals surface area contributed by atoms with Crippen molar-refractivity contribution in [3.63, 3.8) is 0 Å². The Morgan fingerprint density at radius 3 is 2.32 bits per heavy atom. The Kier molecular flexibility index (Phi) is 10.1. The first kappa shape index (κ1) is 27.7. The van der Waals surface area contributed by atoms with E-state index in [4.69, 9.17) is 21.1 Å². The fraction of sp³-hybridized carbons (Fsp3) is 0.276. The summed E-state index contributed by atoms with van der Waals surface area (Å²) in [4.78, 5) is 36.1. The first-order chi connectivity index (χ1) is 17.7. The monoisotopic (exact) mass is 522 g/mol. The number of aryl methyl sites for hydroxylation is 1. The molecule has 0 aliphatic heterocycles. The van der Waals surface area contributed by atoms with Crippen molar-refractivity contribution >= 4 is 40.8 Å². The summed E-state index contributed by atoms with van der Waals surface area (Å²) in [7, 11) is 0. The normalized spacial score (nSPS) is 10.6. The predicted molar refractivity (Wildman–Crippen MR) is 145 cm³/mol. The van der Waals surface area contributed by atoms with Crippen molar-refractivity contribution in [1.82, 2.24) is 0 Å². The van der Waals surface area contributed by atoms with Crippen LogP contribution in [0.3, 0.4) is 0 Å². The number of amides is 2. The van der Waals surface area contributed by atoms with Gasteiger partial charge in [-0.25, -0.2) is 0 Å². The molecule has 8 heteroatoms. The number of rotatable bonds is 11. The van der Waals surface area contributed by atoms with Crippen LogP contribution in [0.4, 0.5) is 11.4 Å². The van der Waals surface area contributed by atoms with Gasteiger partial charge >= 0.3 is 5.97 Å². The number of carbonyl (C=O) groups excluding carboxylic acids is 3. The summed E-state index contributed by atoms with van der Waals surface area (Å²) in [6, 6.07) is 20.1. The SMILES string of the molecule is Cc1ccc(C(C)C)c(Oc2ccc(NC(=O)CCCC(=O)OCC(=O)Nc3ccccc3Cl)cc2)c1. The zero-order chi connectivity index (χ0) is 26.8. The first-order valence-corrected chi connectivity index (χ1v) is 12.5. The molecule has 0 aromatic heterocycles. The van der Waals surface area contributed by atoms with Gasteiger partial charge in [-0.3, -0.25) is 14.4 Å². The lowest BCUT2D eigenvalue weighted by Gasteiger charge is -2.15. The van der Waals surface area contributed by atoms with Gasteiger partial charge in [0.2, 0.25) is 5.91 Å². The Morgan fingerprint density at radius 2 is 1.62 bits per heavy atom. The average molecular weight is 523 g/mol. The maximum absolute atomic E-state index is 12.3. The smallest absolute Gasteiger partial charge is 0.306 e. The fourth-order valence-electron chi connectivity index (χ4n) is 3.52. The minimum Gasteiger partial charge on any atom is -0.457 e. The molecule has 194 valence electrons. The van der Waals surface area contributed by atoms with Crippen molar-refractivity contribution in [2.75, 3.05) is 17.2 Å². The van der Waals surface area contributed by atoms with E-state index < -0.39 is 18.5 Å². The summed E-state index contributed by atoms with van der Waals surface area (Å²) >= 11 is 5.98. The van der Waals surface area contributed by atoms with Crippen molar-refractivity contribution in [3.8, 4) is 11.5 Å². The average Bonchev–Trinajstić information content (AvgIpc) is 2.85. The Bertz CT molecular complexity index is 1240. The molecule has 3 aromatic rings. The number of ether oxygens (including phenoxy) is 2. The second-order valence-electron chi connectivity index (χ2n) is 8.91. The highest BCUT2D eigenvalue weighted by Gasteiger charge is 2.12. The number of hydrogen-bond donors (Lipinski definition) is 2. The molecule has 0 unspecified atom stereocenters. The van der Waals surface area contributed by atoms with Gasteiger partial charge in [0, 0.05) is 18.5 Å². The third-order valence-electron chi connectivity index (χ3n) is 5.45. The molecule has 37 heavy (non-hydrogen) atoms. The van der Waals surface area contributed by atoms with E-state index in [1.807, 2.05) is 13.0 Å². The molecule has 7 nitrogen and oxygen atoms in total. The third kappa shape index (κ3) is 8.95. The van der Waals surface area contributed by atoms with Gasteiger partial charge in [0.25, 0.3) is 5.91 Å². The number of nitrogens with one attached hydrogen (secondary N) is 2. The number of anilines is 2. The number of benzene rings is 3. The zero-order valence-electron chi connectivity index (χ0n) is 21.2. The van der Waals surface area contributed by atoms with Crippen LogP contribution in [0, 0.1) is 6.92 Å². The van der Waals surface area contributed by atoms with Crippen molar-refractivity contribution in [3.05, 3.63) is 82.9 Å². The van der Waals surface area contributed by atoms with Gasteiger partial charge < -0.3 is 20.1 Å². The molecule has 0 heterocycles. The Morgan fingerprint density at radius 1 is 0.892 bits per heavy atom. The maximum Gasteiger partial charge on any atom is 0.306 e. The minimum absolute atomic E-state index is 0.0221. The van der Waals surface area contributed by atoms with E-state index in [9.17, 15) is 14.4 Å². The highest BCUT2D eigenvalue weighted by Crippen LogP contribution is 2.32. The summed E-state index contributed by atoms with van der Waals surface area (Å²) in [6.45, 7) is 5.84. The van der Waals surface area contributed by atoms with E-state index in [1.165, 1.54) is 0 Å². The lowest BCUT2D eigenvalue weighted by Crippen LogP contribution is -2.21. The van der Waals surface area contributed by atoms with Gasteiger partial charge in [-0.15, -0.1) is 0 Å². The summed E-state index contributed by atoms with van der Waals surface area (Å²) in [6.07, 6.45) is 0.456. The summed E-state index contributed by atoms with van der Waals surface area (Å²) < 4.78 is 11.1. The molecule has 2 amide bonds. The van der Waals surface area contributed by atoms with Crippen LogP contribution in [0.15, 0.2) is 66.7 Å². The number of halogens is 1. The van der Waals surface area contributed by atoms with Crippen LogP contribution in [0.25, 0.3) is 0 Å². The van der Waals surface area contributed by atoms with Crippen molar-refractivity contribution in [1.29, 1.82) is 0 Å². The van der Waals surface area contributed by atoms with Gasteiger partial charge in [-0.2, -0.15) is 0 Å². The molecule has 0 saturated heterocycles. The molecular formula is C29H31ClN2O5. The summed E-state index contributed by atoms with van der Waals surface area (Å²) in [5, 5.41) is 5.77. The van der Waals surface area contributed by atoms with Crippen molar-refractivity contribution in [2.24, 2.45) is 0 Å². The molecule has 0 fully saturated rings. The molecule has 3 rings (SSSR count). The van der Waals surface area contributed by atoms with Gasteiger partial charge in [-0.05, 0) is 72.9 Å². The second kappa shape index (κ2) is 13.5. The van der Waals surface area contributed by atoms with E-state index in [2.05, 4.69) is 36.6 Å². The highest BCUT2D eigenvalue weighted by atomic mass is 35.5. The van der Waals surface area contributed by atoms with Crippen LogP contribution < -0.4 is 15.4 Å². The Hall–Kier alpha value is -3.84. The van der Waals surface area contributed by atoms with Crippen LogP contribution >= 0.6 is 11.6 Å². The van der Waals surface area contributed by atoms with Gasteiger partial charge in [0.1, 0.15) is 11.5 Å². The Balaban J connectivity index is 1.38. The number of hydrogen-bond acceptors (Lipinski definition) is 5. The van der Waals surface area contributed by atoms with Gasteiger partial charge in [0.05, 0.1) is 10.7 Å². The standard InChI is InChI=1S/C29H31ClN2O5/c1-19(2)23-16-11-20(3)17-26(23)37-22-14-12-21(13-15-22)31-27(33)9-6-10-29(35)36-18-28(34)32-25-8-5-4-7-24(25)30/h4-5,7-8,11-17,19H,6,9-10,18H2,1-3H3,(H,31,33)(H,32,34). The third-order valence-corrected chi connectivity index (χ3v) is 5.78. The summed E-state index contributed by atoms with van der Waals surface area (Å²) in [5.41, 5.74) is 3.32. The predicted octanol–water partition coefficient (Wildman–Crippen LogP) is 6.85. The molecule has 2 N–H and O–H groups in total. The lowest BCUT2D eigenvalue weighted by molar-refractivity contribution is -0.147. The van der Waals surface area contributed by atoms with E-state index in [-0.39, 0.29) is 18.7 Å². The number of para-hydroxylation sites is 1. The maximum atomic E-state index is 12.3. The van der Waals surface area contributed by atoms with E-state index in [1.54, 1.807) is 48.5 Å². The quantitative estimate of drug-likeness (QED) is 0.268. The lowest BCUT2D eigenvalue weighted by atomic mass is 10.0. The molecule has 0 bridgehead atoms. The second-order valence-corrected chi connectivity index (χ2v) is 9.32. The largest absolute Gasteiger partial charge is 0.457 e. The molecule has 0 atom stereocenters. The number of carbonyl (C=O) groups is 3. The molecular weight excluding hydrogens is 492 g/mol. The van der Waals surface area contributed by atoms with E-state index in [0.717, 1.165) is 16.9 Å². The van der Waals surface area contributed by atoms with Gasteiger partial charge in [0.15, 0.2) is 6.61 Å². The molecule has 0 saturated carbocycles. The minimum atomic E-state index is -0.555. The van der Waals surface area contributed by atoms with Gasteiger partial charge in [-0.1, -0.05) is 49.7 Å². The van der Waals surface area contributed by atoms with Crippen molar-refractivity contribution < 1.29 is 23.9 Å². The van der Waals surface area contributed by atoms with E-state index in [0.29, 0.717) is 34.5 Å². The molecule has 0 aliphatic rings. The van der Waals surface area contributed by atoms with E-state index >= 15 is 0 Å². The topological polar surface area (TPSA) is 93.7 Å². The zero-order valence-corrected chi connectivity index (χ0v) is 21.9. The summed E-state index contributed by atoms with van der Waals surface area (Å²) in [5.74, 6) is 0.553. The van der Waals surface area contributed by atoms with Crippen LogP contribution in [-0.4, -0.2) is 24.4 Å². The number of esters is 1. The first-order valence-electron chi connectivity index (χ1n) is 12.1. The van der Waals surface area contributed by atoms with Crippen LogP contribution in [0.2, 0.25) is 5.02 Å².